The zero-order valence-corrected chi connectivity index (χ0v) is 17.8. The van der Waals surface area contributed by atoms with E-state index in [4.69, 9.17) is 11.6 Å². The maximum atomic E-state index is 13.2. The van der Waals surface area contributed by atoms with Crippen molar-refractivity contribution in [2.24, 2.45) is 0 Å². The summed E-state index contributed by atoms with van der Waals surface area (Å²) < 4.78 is 26.8. The predicted molar refractivity (Wildman–Crippen MR) is 105 cm³/mol. The SMILES string of the molecule is CC(C)N(C(=O)c1cc(S(=O)(=O)N(C)C(C)C)ccc1Cl)C1CCCC1. The molecule has 5 nitrogen and oxygen atoms in total. The van der Waals surface area contributed by atoms with Crippen LogP contribution in [0.2, 0.25) is 5.02 Å². The Labute approximate surface area is 162 Å². The zero-order valence-electron chi connectivity index (χ0n) is 16.2. The number of carbonyl (C=O) groups is 1. The second-order valence-corrected chi connectivity index (χ2v) is 9.91. The van der Waals surface area contributed by atoms with Gasteiger partial charge < -0.3 is 4.90 Å². The summed E-state index contributed by atoms with van der Waals surface area (Å²) in [5.74, 6) is -0.193. The van der Waals surface area contributed by atoms with Gasteiger partial charge in [-0.25, -0.2) is 8.42 Å². The summed E-state index contributed by atoms with van der Waals surface area (Å²) in [4.78, 5) is 15.2. The molecule has 146 valence electrons. The van der Waals surface area contributed by atoms with Gasteiger partial charge in [0.2, 0.25) is 10.0 Å². The van der Waals surface area contributed by atoms with Crippen LogP contribution in [0.25, 0.3) is 0 Å². The number of rotatable bonds is 6. The molecule has 26 heavy (non-hydrogen) atoms. The lowest BCUT2D eigenvalue weighted by atomic mass is 10.1. The van der Waals surface area contributed by atoms with Crippen molar-refractivity contribution >= 4 is 27.5 Å². The van der Waals surface area contributed by atoms with E-state index >= 15 is 0 Å². The summed E-state index contributed by atoms with van der Waals surface area (Å²) in [6, 6.07) is 4.42. The van der Waals surface area contributed by atoms with Crippen molar-refractivity contribution in [3.8, 4) is 0 Å². The second kappa shape index (κ2) is 8.28. The van der Waals surface area contributed by atoms with E-state index in [-0.39, 0.29) is 39.5 Å². The quantitative estimate of drug-likeness (QED) is 0.720. The molecular weight excluding hydrogens is 372 g/mol. The number of hydrogen-bond acceptors (Lipinski definition) is 3. The lowest BCUT2D eigenvalue weighted by molar-refractivity contribution is 0.0613. The molecule has 0 N–H and O–H groups in total. The van der Waals surface area contributed by atoms with Gasteiger partial charge in [0.05, 0.1) is 15.5 Å². The Morgan fingerprint density at radius 2 is 1.69 bits per heavy atom. The first kappa shape index (κ1) is 21.2. The number of halogens is 1. The smallest absolute Gasteiger partial charge is 0.255 e. The minimum absolute atomic E-state index is 0.0280. The molecule has 0 unspecified atom stereocenters. The number of sulfonamides is 1. The third kappa shape index (κ3) is 4.24. The second-order valence-electron chi connectivity index (χ2n) is 7.50. The number of nitrogens with zero attached hydrogens (tertiary/aromatic N) is 2. The molecule has 0 spiro atoms. The van der Waals surface area contributed by atoms with Crippen molar-refractivity contribution in [3.63, 3.8) is 0 Å². The molecule has 0 atom stereocenters. The Hall–Kier alpha value is -1.11. The van der Waals surface area contributed by atoms with Crippen molar-refractivity contribution < 1.29 is 13.2 Å². The van der Waals surface area contributed by atoms with Crippen molar-refractivity contribution in [3.05, 3.63) is 28.8 Å². The fraction of sp³-hybridized carbons (Fsp3) is 0.632. The molecule has 1 aliphatic rings. The van der Waals surface area contributed by atoms with E-state index in [0.29, 0.717) is 0 Å². The van der Waals surface area contributed by atoms with Crippen LogP contribution in [-0.4, -0.2) is 48.7 Å². The summed E-state index contributed by atoms with van der Waals surface area (Å²) in [6.45, 7) is 7.58. The van der Waals surface area contributed by atoms with Gasteiger partial charge in [0.15, 0.2) is 0 Å². The Kier molecular flexibility index (Phi) is 6.75. The maximum Gasteiger partial charge on any atom is 0.255 e. The Morgan fingerprint density at radius 1 is 1.12 bits per heavy atom. The molecule has 0 radical (unpaired) electrons. The average Bonchev–Trinajstić information content (AvgIpc) is 3.07. The molecule has 0 aromatic heterocycles. The van der Waals surface area contributed by atoms with Gasteiger partial charge in [-0.05, 0) is 58.7 Å². The van der Waals surface area contributed by atoms with E-state index in [0.717, 1.165) is 25.7 Å². The monoisotopic (exact) mass is 400 g/mol. The molecule has 1 aliphatic carbocycles. The Balaban J connectivity index is 2.44. The molecule has 1 amide bonds. The molecule has 0 heterocycles. The maximum absolute atomic E-state index is 13.2. The van der Waals surface area contributed by atoms with Crippen molar-refractivity contribution in [2.75, 3.05) is 7.05 Å². The van der Waals surface area contributed by atoms with Crippen molar-refractivity contribution in [1.29, 1.82) is 0 Å². The fourth-order valence-electron chi connectivity index (χ4n) is 3.42. The molecule has 2 rings (SSSR count). The highest BCUT2D eigenvalue weighted by Crippen LogP contribution is 2.30. The van der Waals surface area contributed by atoms with Crippen LogP contribution < -0.4 is 0 Å². The van der Waals surface area contributed by atoms with Crippen LogP contribution in [0.3, 0.4) is 0 Å². The predicted octanol–water partition coefficient (Wildman–Crippen LogP) is 4.16. The Bertz CT molecular complexity index is 756. The summed E-state index contributed by atoms with van der Waals surface area (Å²) >= 11 is 6.28. The third-order valence-electron chi connectivity index (χ3n) is 5.08. The van der Waals surface area contributed by atoms with E-state index < -0.39 is 10.0 Å². The lowest BCUT2D eigenvalue weighted by Crippen LogP contribution is -2.43. The van der Waals surface area contributed by atoms with E-state index in [2.05, 4.69) is 0 Å². The average molecular weight is 401 g/mol. The number of hydrogen-bond donors (Lipinski definition) is 0. The first-order valence-corrected chi connectivity index (χ1v) is 11.0. The van der Waals surface area contributed by atoms with Crippen LogP contribution in [-0.2, 0) is 10.0 Å². The standard InChI is InChI=1S/C19H29ClN2O3S/c1-13(2)21(5)26(24,25)16-10-11-18(20)17(12-16)19(23)22(14(3)4)15-8-6-7-9-15/h10-15H,6-9H2,1-5H3. The molecule has 1 aromatic carbocycles. The molecule has 0 bridgehead atoms. The molecule has 0 saturated heterocycles. The summed E-state index contributed by atoms with van der Waals surface area (Å²) in [5.41, 5.74) is 0.255. The van der Waals surface area contributed by atoms with E-state index in [1.54, 1.807) is 13.8 Å². The highest BCUT2D eigenvalue weighted by molar-refractivity contribution is 7.89. The number of amides is 1. The Morgan fingerprint density at radius 3 is 2.19 bits per heavy atom. The molecular formula is C19H29ClN2O3S. The van der Waals surface area contributed by atoms with Crippen molar-refractivity contribution in [2.45, 2.75) is 76.4 Å². The molecule has 1 aromatic rings. The largest absolute Gasteiger partial charge is 0.333 e. The number of carbonyl (C=O) groups excluding carboxylic acids is 1. The first-order chi connectivity index (χ1) is 12.1. The van der Waals surface area contributed by atoms with Gasteiger partial charge in [0.1, 0.15) is 0 Å². The highest BCUT2D eigenvalue weighted by Gasteiger charge is 2.32. The molecule has 1 fully saturated rings. The fourth-order valence-corrected chi connectivity index (χ4v) is 5.01. The van der Waals surface area contributed by atoms with Gasteiger partial charge in [0.25, 0.3) is 5.91 Å². The highest BCUT2D eigenvalue weighted by atomic mass is 35.5. The third-order valence-corrected chi connectivity index (χ3v) is 7.44. The number of benzene rings is 1. The van der Waals surface area contributed by atoms with E-state index in [9.17, 15) is 13.2 Å². The van der Waals surface area contributed by atoms with Gasteiger partial charge in [-0.1, -0.05) is 24.4 Å². The van der Waals surface area contributed by atoms with Crippen LogP contribution in [0.15, 0.2) is 23.1 Å². The summed E-state index contributed by atoms with van der Waals surface area (Å²) in [5, 5.41) is 0.282. The van der Waals surface area contributed by atoms with E-state index in [1.165, 1.54) is 29.6 Å². The van der Waals surface area contributed by atoms with Crippen LogP contribution >= 0.6 is 11.6 Å². The van der Waals surface area contributed by atoms with E-state index in [1.807, 2.05) is 18.7 Å². The minimum atomic E-state index is -3.67. The topological polar surface area (TPSA) is 57.7 Å². The van der Waals surface area contributed by atoms with Crippen molar-refractivity contribution in [1.82, 2.24) is 9.21 Å². The van der Waals surface area contributed by atoms with Crippen LogP contribution in [0, 0.1) is 0 Å². The van der Waals surface area contributed by atoms with Crippen LogP contribution in [0.5, 0.6) is 0 Å². The zero-order chi connectivity index (χ0) is 19.6. The van der Waals surface area contributed by atoms with Gasteiger partial charge in [-0.3, -0.25) is 4.79 Å². The minimum Gasteiger partial charge on any atom is -0.333 e. The van der Waals surface area contributed by atoms with Gasteiger partial charge in [0, 0.05) is 25.2 Å². The molecule has 0 aliphatic heterocycles. The van der Waals surface area contributed by atoms with Gasteiger partial charge in [-0.2, -0.15) is 4.31 Å². The van der Waals surface area contributed by atoms with Gasteiger partial charge >= 0.3 is 0 Å². The van der Waals surface area contributed by atoms with Crippen LogP contribution in [0.4, 0.5) is 0 Å². The first-order valence-electron chi connectivity index (χ1n) is 9.17. The summed E-state index contributed by atoms with van der Waals surface area (Å²) in [7, 11) is -2.14. The normalized spacial score (nSPS) is 16.0. The molecule has 1 saturated carbocycles. The lowest BCUT2D eigenvalue weighted by Gasteiger charge is -2.33. The summed E-state index contributed by atoms with van der Waals surface area (Å²) in [6.07, 6.45) is 4.19. The van der Waals surface area contributed by atoms with Gasteiger partial charge in [-0.15, -0.1) is 0 Å². The van der Waals surface area contributed by atoms with Crippen LogP contribution in [0.1, 0.15) is 63.7 Å². The molecule has 7 heteroatoms.